The van der Waals surface area contributed by atoms with Gasteiger partial charge in [-0.3, -0.25) is 9.97 Å². The summed E-state index contributed by atoms with van der Waals surface area (Å²) >= 11 is 1.74. The largest absolute Gasteiger partial charge is 0.305 e. The summed E-state index contributed by atoms with van der Waals surface area (Å²) < 4.78 is 0. The van der Waals surface area contributed by atoms with Crippen molar-refractivity contribution >= 4 is 11.8 Å². The zero-order chi connectivity index (χ0) is 22.2. The molecule has 4 rings (SSSR count). The van der Waals surface area contributed by atoms with Crippen LogP contribution in [0.1, 0.15) is 39.8 Å². The fourth-order valence-corrected chi connectivity index (χ4v) is 4.31. The lowest BCUT2D eigenvalue weighted by molar-refractivity contribution is 0.481. The first-order chi connectivity index (χ1) is 15.8. The number of nitrogens with zero attached hydrogens (tertiary/aromatic N) is 3. The summed E-state index contributed by atoms with van der Waals surface area (Å²) in [6, 6.07) is 26.8. The number of rotatable bonds is 8. The smallest absolute Gasteiger partial charge is 0.0991 e. The highest BCUT2D eigenvalue weighted by Gasteiger charge is 2.27. The van der Waals surface area contributed by atoms with E-state index < -0.39 is 0 Å². The topological polar surface area (TPSA) is 61.6 Å². The van der Waals surface area contributed by atoms with E-state index in [-0.39, 0.29) is 12.0 Å². The van der Waals surface area contributed by atoms with E-state index in [0.717, 1.165) is 16.7 Å². The molecule has 1 unspecified atom stereocenters. The van der Waals surface area contributed by atoms with Crippen molar-refractivity contribution in [1.82, 2.24) is 15.3 Å². The van der Waals surface area contributed by atoms with Crippen LogP contribution < -0.4 is 5.32 Å². The normalized spacial score (nSPS) is 11.8. The van der Waals surface area contributed by atoms with Crippen LogP contribution in [0.2, 0.25) is 0 Å². The van der Waals surface area contributed by atoms with Gasteiger partial charge >= 0.3 is 0 Å². The van der Waals surface area contributed by atoms with Crippen LogP contribution >= 0.6 is 11.8 Å². The van der Waals surface area contributed by atoms with Crippen LogP contribution in [-0.4, -0.2) is 16.2 Å². The van der Waals surface area contributed by atoms with E-state index in [2.05, 4.69) is 70.1 Å². The second-order valence-corrected chi connectivity index (χ2v) is 8.37. The molecule has 0 aliphatic carbocycles. The monoisotopic (exact) mass is 436 g/mol. The van der Waals surface area contributed by atoms with Crippen molar-refractivity contribution in [2.45, 2.75) is 23.4 Å². The summed E-state index contributed by atoms with van der Waals surface area (Å²) in [4.78, 5) is 10.00. The first-order valence-electron chi connectivity index (χ1n) is 10.4. The quantitative estimate of drug-likeness (QED) is 0.357. The summed E-state index contributed by atoms with van der Waals surface area (Å²) in [5.41, 5.74) is 5.11. The van der Waals surface area contributed by atoms with Gasteiger partial charge in [0.15, 0.2) is 0 Å². The van der Waals surface area contributed by atoms with E-state index in [0.29, 0.717) is 12.1 Å². The minimum absolute atomic E-state index is 0.0168. The first-order valence-corrected chi connectivity index (χ1v) is 11.7. The Morgan fingerprint density at radius 2 is 1.53 bits per heavy atom. The summed E-state index contributed by atoms with van der Waals surface area (Å²) in [5, 5.41) is 13.2. The molecule has 2 aromatic carbocycles. The number of aromatic nitrogens is 2. The molecule has 0 bridgehead atoms. The average Bonchev–Trinajstić information content (AvgIpc) is 2.88. The van der Waals surface area contributed by atoms with Crippen molar-refractivity contribution in [2.75, 3.05) is 6.26 Å². The third-order valence-electron chi connectivity index (χ3n) is 5.48. The molecule has 0 saturated heterocycles. The van der Waals surface area contributed by atoms with Crippen molar-refractivity contribution in [3.63, 3.8) is 0 Å². The Bertz CT molecular complexity index is 1130. The maximum Gasteiger partial charge on any atom is 0.0991 e. The van der Waals surface area contributed by atoms with E-state index in [9.17, 15) is 5.26 Å². The molecule has 158 valence electrons. The molecule has 4 nitrogen and oxygen atoms in total. The third kappa shape index (κ3) is 5.23. The molecule has 2 heterocycles. The molecule has 0 radical (unpaired) electrons. The highest BCUT2D eigenvalue weighted by Crippen LogP contribution is 2.37. The SMILES string of the molecule is CSc1ccc(CNC(c2cccc(C#N)c2)C(c2cccnc2)c2cccnc2)cc1. The molecule has 0 fully saturated rings. The number of nitrogens with one attached hydrogen (secondary N) is 1. The molecular formula is C27H24N4S. The molecule has 0 aliphatic rings. The fourth-order valence-electron chi connectivity index (χ4n) is 3.90. The molecule has 32 heavy (non-hydrogen) atoms. The fraction of sp³-hybridized carbons (Fsp3) is 0.148. The highest BCUT2D eigenvalue weighted by atomic mass is 32.2. The lowest BCUT2D eigenvalue weighted by Gasteiger charge is -2.29. The molecule has 0 amide bonds. The molecule has 1 atom stereocenters. The maximum atomic E-state index is 9.48. The van der Waals surface area contributed by atoms with Crippen molar-refractivity contribution in [3.8, 4) is 6.07 Å². The number of hydrogen-bond donors (Lipinski definition) is 1. The van der Waals surface area contributed by atoms with Gasteiger partial charge in [-0.25, -0.2) is 0 Å². The maximum absolute atomic E-state index is 9.48. The van der Waals surface area contributed by atoms with E-state index in [4.69, 9.17) is 0 Å². The standard InChI is InChI=1S/C27H24N4S/c1-32-25-11-9-20(10-12-25)17-31-27(22-6-2-5-21(15-22)16-28)26(23-7-3-13-29-18-23)24-8-4-14-30-19-24/h2-15,18-19,26-27,31H,17H2,1H3. The molecule has 0 aliphatic heterocycles. The Balaban J connectivity index is 1.75. The Morgan fingerprint density at radius 3 is 2.09 bits per heavy atom. The molecule has 2 aromatic heterocycles. The van der Waals surface area contributed by atoms with Crippen molar-refractivity contribution in [2.24, 2.45) is 0 Å². The summed E-state index contributed by atoms with van der Waals surface area (Å²) in [6.45, 7) is 0.702. The predicted molar refractivity (Wildman–Crippen MR) is 129 cm³/mol. The van der Waals surface area contributed by atoms with Crippen LogP contribution in [0.5, 0.6) is 0 Å². The van der Waals surface area contributed by atoms with Gasteiger partial charge in [0.2, 0.25) is 0 Å². The molecule has 0 saturated carbocycles. The number of pyridine rings is 2. The Morgan fingerprint density at radius 1 is 0.875 bits per heavy atom. The van der Waals surface area contributed by atoms with Gasteiger partial charge in [0, 0.05) is 48.2 Å². The number of benzene rings is 2. The van der Waals surface area contributed by atoms with Crippen LogP contribution in [0.25, 0.3) is 0 Å². The van der Waals surface area contributed by atoms with Gasteiger partial charge < -0.3 is 5.32 Å². The minimum atomic E-state index is -0.0723. The molecule has 5 heteroatoms. The van der Waals surface area contributed by atoms with E-state index in [1.807, 2.05) is 42.7 Å². The van der Waals surface area contributed by atoms with Crippen LogP contribution in [0.3, 0.4) is 0 Å². The molecule has 1 N–H and O–H groups in total. The Hall–Kier alpha value is -3.46. The lowest BCUT2D eigenvalue weighted by Crippen LogP contribution is -2.28. The second-order valence-electron chi connectivity index (χ2n) is 7.49. The third-order valence-corrected chi connectivity index (χ3v) is 6.22. The van der Waals surface area contributed by atoms with Gasteiger partial charge in [-0.2, -0.15) is 5.26 Å². The molecule has 4 aromatic rings. The zero-order valence-electron chi connectivity index (χ0n) is 17.8. The van der Waals surface area contributed by atoms with E-state index in [1.165, 1.54) is 10.5 Å². The lowest BCUT2D eigenvalue weighted by atomic mass is 9.82. The number of hydrogen-bond acceptors (Lipinski definition) is 5. The zero-order valence-corrected chi connectivity index (χ0v) is 18.7. The first kappa shape index (κ1) is 21.8. The predicted octanol–water partition coefficient (Wildman–Crippen LogP) is 5.73. The second kappa shape index (κ2) is 10.7. The Labute approximate surface area is 193 Å². The van der Waals surface area contributed by atoms with Gasteiger partial charge in [-0.05, 0) is 64.9 Å². The number of thioether (sulfide) groups is 1. The summed E-state index contributed by atoms with van der Waals surface area (Å²) in [5.74, 6) is -0.0168. The van der Waals surface area contributed by atoms with Gasteiger partial charge in [-0.1, -0.05) is 36.4 Å². The van der Waals surface area contributed by atoms with Crippen molar-refractivity contribution in [1.29, 1.82) is 5.26 Å². The molecule has 0 spiro atoms. The highest BCUT2D eigenvalue weighted by molar-refractivity contribution is 7.98. The van der Waals surface area contributed by atoms with Crippen LogP contribution in [0, 0.1) is 11.3 Å². The van der Waals surface area contributed by atoms with Crippen LogP contribution in [0.4, 0.5) is 0 Å². The van der Waals surface area contributed by atoms with E-state index in [1.54, 1.807) is 24.2 Å². The minimum Gasteiger partial charge on any atom is -0.305 e. The van der Waals surface area contributed by atoms with Gasteiger partial charge in [0.1, 0.15) is 0 Å². The number of nitriles is 1. The summed E-state index contributed by atoms with van der Waals surface area (Å²) in [7, 11) is 0. The Kier molecular flexibility index (Phi) is 7.29. The average molecular weight is 437 g/mol. The van der Waals surface area contributed by atoms with Crippen molar-refractivity contribution < 1.29 is 0 Å². The van der Waals surface area contributed by atoms with Gasteiger partial charge in [0.05, 0.1) is 11.6 Å². The van der Waals surface area contributed by atoms with Crippen LogP contribution in [-0.2, 0) is 6.54 Å². The van der Waals surface area contributed by atoms with E-state index >= 15 is 0 Å². The van der Waals surface area contributed by atoms with Gasteiger partial charge in [0.25, 0.3) is 0 Å². The van der Waals surface area contributed by atoms with Crippen LogP contribution in [0.15, 0.2) is 102 Å². The summed E-state index contributed by atoms with van der Waals surface area (Å²) in [6.07, 6.45) is 9.48. The molecular weight excluding hydrogens is 412 g/mol. The van der Waals surface area contributed by atoms with Crippen molar-refractivity contribution in [3.05, 3.63) is 125 Å². The van der Waals surface area contributed by atoms with Gasteiger partial charge in [-0.15, -0.1) is 11.8 Å².